The molecule has 1 aliphatic carbocycles. The van der Waals surface area contributed by atoms with Gasteiger partial charge in [-0.3, -0.25) is 0 Å². The van der Waals surface area contributed by atoms with Crippen LogP contribution in [0.15, 0.2) is 18.2 Å². The second kappa shape index (κ2) is 4.76. The van der Waals surface area contributed by atoms with Gasteiger partial charge < -0.3 is 15.0 Å². The number of imidazole rings is 1. The van der Waals surface area contributed by atoms with Crippen LogP contribution in [0.1, 0.15) is 39.2 Å². The monoisotopic (exact) mass is 259 g/mol. The highest BCUT2D eigenvalue weighted by atomic mass is 16.5. The van der Waals surface area contributed by atoms with Crippen molar-refractivity contribution in [3.05, 3.63) is 18.2 Å². The first kappa shape index (κ1) is 12.3. The zero-order chi connectivity index (χ0) is 13.4. The molecule has 1 aromatic carbocycles. The third-order valence-corrected chi connectivity index (χ3v) is 3.91. The van der Waals surface area contributed by atoms with Crippen molar-refractivity contribution in [2.24, 2.45) is 5.92 Å². The molecule has 1 saturated carbocycles. The summed E-state index contributed by atoms with van der Waals surface area (Å²) in [5.41, 5.74) is 8.11. The zero-order valence-corrected chi connectivity index (χ0v) is 11.6. The van der Waals surface area contributed by atoms with E-state index in [4.69, 9.17) is 10.5 Å². The number of nitrogen functional groups attached to an aromatic ring is 1. The summed E-state index contributed by atoms with van der Waals surface area (Å²) < 4.78 is 7.94. The summed E-state index contributed by atoms with van der Waals surface area (Å²) in [6.07, 6.45) is 3.41. The Hall–Kier alpha value is -1.71. The summed E-state index contributed by atoms with van der Waals surface area (Å²) in [6.45, 7) is 5.05. The van der Waals surface area contributed by atoms with E-state index in [0.29, 0.717) is 18.6 Å². The van der Waals surface area contributed by atoms with Crippen molar-refractivity contribution >= 4 is 17.0 Å². The molecule has 0 spiro atoms. The Labute approximate surface area is 113 Å². The topological polar surface area (TPSA) is 53.1 Å². The van der Waals surface area contributed by atoms with Gasteiger partial charge in [-0.15, -0.1) is 0 Å². The number of benzene rings is 1. The second-order valence-electron chi connectivity index (χ2n) is 5.28. The Kier molecular flexibility index (Phi) is 3.09. The van der Waals surface area contributed by atoms with Crippen molar-refractivity contribution in [2.45, 2.75) is 39.2 Å². The molecule has 1 aliphatic rings. The molecule has 4 nitrogen and oxygen atoms in total. The second-order valence-corrected chi connectivity index (χ2v) is 5.28. The van der Waals surface area contributed by atoms with Crippen molar-refractivity contribution in [1.29, 1.82) is 0 Å². The predicted octanol–water partition coefficient (Wildman–Crippen LogP) is 3.38. The smallest absolute Gasteiger partial charge is 0.201 e. The molecule has 0 bridgehead atoms. The third-order valence-electron chi connectivity index (χ3n) is 3.91. The van der Waals surface area contributed by atoms with Crippen LogP contribution in [0.3, 0.4) is 0 Å². The highest BCUT2D eigenvalue weighted by Gasteiger charge is 2.39. The maximum Gasteiger partial charge on any atom is 0.201 e. The number of anilines is 1. The first-order valence-electron chi connectivity index (χ1n) is 7.15. The first-order chi connectivity index (χ1) is 9.26. The lowest BCUT2D eigenvalue weighted by atomic mass is 10.2. The molecule has 1 aromatic heterocycles. The van der Waals surface area contributed by atoms with Gasteiger partial charge in [0.2, 0.25) is 5.95 Å². The van der Waals surface area contributed by atoms with E-state index in [1.807, 2.05) is 12.1 Å². The van der Waals surface area contributed by atoms with Crippen LogP contribution in [-0.2, 0) is 0 Å². The van der Waals surface area contributed by atoms with Crippen molar-refractivity contribution in [1.82, 2.24) is 9.55 Å². The maximum absolute atomic E-state index is 6.11. The van der Waals surface area contributed by atoms with Gasteiger partial charge in [0.15, 0.2) is 0 Å². The molecular weight excluding hydrogens is 238 g/mol. The number of aromatic nitrogens is 2. The Balaban J connectivity index is 2.02. The summed E-state index contributed by atoms with van der Waals surface area (Å²) in [5, 5.41) is 0. The van der Waals surface area contributed by atoms with Gasteiger partial charge in [0, 0.05) is 6.04 Å². The van der Waals surface area contributed by atoms with Crippen molar-refractivity contribution < 1.29 is 4.74 Å². The highest BCUT2D eigenvalue weighted by molar-refractivity contribution is 5.84. The molecule has 19 heavy (non-hydrogen) atoms. The molecule has 0 aliphatic heterocycles. The number of para-hydroxylation sites is 1. The first-order valence-corrected chi connectivity index (χ1v) is 7.15. The van der Waals surface area contributed by atoms with Crippen LogP contribution < -0.4 is 10.5 Å². The van der Waals surface area contributed by atoms with Gasteiger partial charge in [-0.1, -0.05) is 26.3 Å². The van der Waals surface area contributed by atoms with E-state index in [0.717, 1.165) is 29.1 Å². The largest absolute Gasteiger partial charge is 0.491 e. The molecule has 1 heterocycles. The molecule has 3 rings (SSSR count). The average molecular weight is 259 g/mol. The average Bonchev–Trinajstić information content (AvgIpc) is 3.11. The van der Waals surface area contributed by atoms with E-state index >= 15 is 0 Å². The van der Waals surface area contributed by atoms with E-state index in [1.165, 1.54) is 12.8 Å². The van der Waals surface area contributed by atoms with Crippen molar-refractivity contribution in [3.8, 4) is 5.75 Å². The quantitative estimate of drug-likeness (QED) is 0.895. The van der Waals surface area contributed by atoms with Crippen LogP contribution in [0, 0.1) is 5.92 Å². The molecule has 2 aromatic rings. The van der Waals surface area contributed by atoms with Gasteiger partial charge in [-0.25, -0.2) is 4.98 Å². The molecule has 2 unspecified atom stereocenters. The van der Waals surface area contributed by atoms with Gasteiger partial charge in [-0.05, 0) is 30.9 Å². The molecule has 4 heteroatoms. The summed E-state index contributed by atoms with van der Waals surface area (Å²) in [6, 6.07) is 6.60. The highest BCUT2D eigenvalue weighted by Crippen LogP contribution is 2.48. The fourth-order valence-corrected chi connectivity index (χ4v) is 2.77. The van der Waals surface area contributed by atoms with Crippen molar-refractivity contribution in [3.63, 3.8) is 0 Å². The van der Waals surface area contributed by atoms with Crippen LogP contribution in [0.4, 0.5) is 5.95 Å². The predicted molar refractivity (Wildman–Crippen MR) is 77.4 cm³/mol. The standard InChI is InChI=1S/C15H21N3O/c1-3-8-19-13-7-5-6-11-14(13)17-15(16)18(11)12-9-10(12)4-2/h5-7,10,12H,3-4,8-9H2,1-2H3,(H2,16,17). The summed E-state index contributed by atoms with van der Waals surface area (Å²) in [4.78, 5) is 4.51. The lowest BCUT2D eigenvalue weighted by Crippen LogP contribution is -2.02. The number of rotatable bonds is 5. The minimum Gasteiger partial charge on any atom is -0.491 e. The molecule has 0 amide bonds. The number of hydrogen-bond acceptors (Lipinski definition) is 3. The summed E-state index contributed by atoms with van der Waals surface area (Å²) in [5.74, 6) is 2.21. The minimum atomic E-state index is 0.524. The lowest BCUT2D eigenvalue weighted by molar-refractivity contribution is 0.320. The van der Waals surface area contributed by atoms with E-state index in [1.54, 1.807) is 0 Å². The van der Waals surface area contributed by atoms with E-state index in [-0.39, 0.29) is 0 Å². The van der Waals surface area contributed by atoms with E-state index in [9.17, 15) is 0 Å². The third kappa shape index (κ3) is 2.05. The molecule has 1 fully saturated rings. The number of ether oxygens (including phenoxy) is 1. The Morgan fingerprint density at radius 3 is 2.95 bits per heavy atom. The molecule has 0 saturated heterocycles. The normalized spacial score (nSPS) is 21.8. The summed E-state index contributed by atoms with van der Waals surface area (Å²) >= 11 is 0. The molecular formula is C15H21N3O. The van der Waals surface area contributed by atoms with Crippen LogP contribution in [0.5, 0.6) is 5.75 Å². The number of nitrogens with two attached hydrogens (primary N) is 1. The van der Waals surface area contributed by atoms with E-state index < -0.39 is 0 Å². The maximum atomic E-state index is 6.11. The van der Waals surface area contributed by atoms with Crippen molar-refractivity contribution in [2.75, 3.05) is 12.3 Å². The Morgan fingerprint density at radius 2 is 2.26 bits per heavy atom. The van der Waals surface area contributed by atoms with Gasteiger partial charge in [-0.2, -0.15) is 0 Å². The molecule has 0 radical (unpaired) electrons. The number of fused-ring (bicyclic) bond motifs is 1. The zero-order valence-electron chi connectivity index (χ0n) is 11.6. The number of nitrogens with zero attached hydrogens (tertiary/aromatic N) is 2. The van der Waals surface area contributed by atoms with Gasteiger partial charge in [0.25, 0.3) is 0 Å². The summed E-state index contributed by atoms with van der Waals surface area (Å²) in [7, 11) is 0. The fraction of sp³-hybridized carbons (Fsp3) is 0.533. The van der Waals surface area contributed by atoms with Gasteiger partial charge in [0.05, 0.1) is 12.1 Å². The lowest BCUT2D eigenvalue weighted by Gasteiger charge is -2.07. The molecule has 2 N–H and O–H groups in total. The van der Waals surface area contributed by atoms with Gasteiger partial charge in [0.1, 0.15) is 11.3 Å². The fourth-order valence-electron chi connectivity index (χ4n) is 2.77. The SMILES string of the molecule is CCCOc1cccc2c1nc(N)n2C1CC1CC. The minimum absolute atomic E-state index is 0.524. The van der Waals surface area contributed by atoms with Crippen LogP contribution in [-0.4, -0.2) is 16.2 Å². The molecule has 2 atom stereocenters. The van der Waals surface area contributed by atoms with Crippen LogP contribution >= 0.6 is 0 Å². The van der Waals surface area contributed by atoms with Crippen LogP contribution in [0.2, 0.25) is 0 Å². The molecule has 102 valence electrons. The van der Waals surface area contributed by atoms with Gasteiger partial charge >= 0.3 is 0 Å². The Bertz CT molecular complexity index is 590. The van der Waals surface area contributed by atoms with E-state index in [2.05, 4.69) is 29.5 Å². The van der Waals surface area contributed by atoms with Crippen LogP contribution in [0.25, 0.3) is 11.0 Å². The number of hydrogen-bond donors (Lipinski definition) is 1. The Morgan fingerprint density at radius 1 is 1.42 bits per heavy atom.